The standard InChI is InChI=1S/C49H88N/c1-4-7-10-13-16-19-22-25-28-31-34-40-45-50(48-49-43-38-37-39-44-49,46-41-35-32-29-26-23-20-17-14-11-8-5-2)47-42-36-33-30-27-24-21-18-15-12-9-6-3/h4-6,37-39,43-44H,1-3,7-36,40-42,45-48H2/q+1. The molecule has 0 atom stereocenters. The monoisotopic (exact) mass is 691 g/mol. The third-order valence-electron chi connectivity index (χ3n) is 11.2. The van der Waals surface area contributed by atoms with Crippen molar-refractivity contribution in [3.05, 3.63) is 73.9 Å². The molecule has 0 spiro atoms. The van der Waals surface area contributed by atoms with E-state index in [9.17, 15) is 0 Å². The van der Waals surface area contributed by atoms with Crippen LogP contribution in [-0.2, 0) is 6.54 Å². The van der Waals surface area contributed by atoms with Crippen LogP contribution in [0.25, 0.3) is 0 Å². The van der Waals surface area contributed by atoms with E-state index in [0.29, 0.717) is 0 Å². The van der Waals surface area contributed by atoms with Crippen LogP contribution in [0, 0.1) is 0 Å². The summed E-state index contributed by atoms with van der Waals surface area (Å²) in [6.45, 7) is 17.0. The van der Waals surface area contributed by atoms with Crippen LogP contribution < -0.4 is 0 Å². The summed E-state index contributed by atoms with van der Waals surface area (Å²) in [5.74, 6) is 0. The van der Waals surface area contributed by atoms with Gasteiger partial charge in [0.2, 0.25) is 0 Å². The maximum Gasteiger partial charge on any atom is 0.104 e. The molecule has 1 rings (SSSR count). The number of hydrogen-bond acceptors (Lipinski definition) is 0. The highest BCUT2D eigenvalue weighted by molar-refractivity contribution is 5.13. The predicted molar refractivity (Wildman–Crippen MR) is 228 cm³/mol. The highest BCUT2D eigenvalue weighted by Gasteiger charge is 2.26. The van der Waals surface area contributed by atoms with Crippen LogP contribution in [0.2, 0.25) is 0 Å². The van der Waals surface area contributed by atoms with Gasteiger partial charge in [0.15, 0.2) is 0 Å². The fourth-order valence-electron chi connectivity index (χ4n) is 7.99. The second-order valence-corrected chi connectivity index (χ2v) is 16.0. The Morgan fingerprint density at radius 2 is 0.560 bits per heavy atom. The van der Waals surface area contributed by atoms with Gasteiger partial charge in [0.25, 0.3) is 0 Å². The highest BCUT2D eigenvalue weighted by Crippen LogP contribution is 2.23. The number of rotatable bonds is 41. The van der Waals surface area contributed by atoms with E-state index in [4.69, 9.17) is 0 Å². The Balaban J connectivity index is 2.54. The van der Waals surface area contributed by atoms with E-state index in [0.717, 1.165) is 0 Å². The van der Waals surface area contributed by atoms with Gasteiger partial charge < -0.3 is 4.48 Å². The van der Waals surface area contributed by atoms with E-state index in [-0.39, 0.29) is 0 Å². The molecule has 0 radical (unpaired) electrons. The Kier molecular flexibility index (Phi) is 34.5. The number of allylic oxidation sites excluding steroid dienone is 3. The smallest absolute Gasteiger partial charge is 0.104 e. The fourth-order valence-corrected chi connectivity index (χ4v) is 7.99. The summed E-state index contributed by atoms with van der Waals surface area (Å²) in [4.78, 5) is 0. The minimum atomic E-state index is 1.19. The average molecular weight is 691 g/mol. The summed E-state index contributed by atoms with van der Waals surface area (Å²) >= 11 is 0. The lowest BCUT2D eigenvalue weighted by molar-refractivity contribution is -0.941. The van der Waals surface area contributed by atoms with Gasteiger partial charge >= 0.3 is 0 Å². The van der Waals surface area contributed by atoms with Crippen LogP contribution in [0.15, 0.2) is 68.3 Å². The van der Waals surface area contributed by atoms with Gasteiger partial charge in [-0.25, -0.2) is 0 Å². The van der Waals surface area contributed by atoms with E-state index in [1.54, 1.807) is 5.56 Å². The third kappa shape index (κ3) is 30.1. The number of benzene rings is 1. The number of quaternary nitrogens is 1. The van der Waals surface area contributed by atoms with Gasteiger partial charge in [0, 0.05) is 5.56 Å². The first kappa shape index (κ1) is 46.4. The molecule has 0 aliphatic rings. The van der Waals surface area contributed by atoms with E-state index >= 15 is 0 Å². The van der Waals surface area contributed by atoms with Crippen molar-refractivity contribution in [3.8, 4) is 0 Å². The van der Waals surface area contributed by atoms with Gasteiger partial charge in [-0.05, 0) is 77.0 Å². The normalized spacial score (nSPS) is 11.6. The molecule has 1 aromatic carbocycles. The SMILES string of the molecule is C=CCCCCCCCCCCCC[N+](CCCCCCCCCCCCC=C)(CCCCCCCCCCCCC=C)Cc1ccccc1. The lowest BCUT2D eigenvalue weighted by Gasteiger charge is -2.39. The molecule has 0 fully saturated rings. The molecule has 0 aromatic heterocycles. The van der Waals surface area contributed by atoms with Crippen molar-refractivity contribution < 1.29 is 4.48 Å². The van der Waals surface area contributed by atoms with Gasteiger partial charge in [-0.15, -0.1) is 19.7 Å². The molecule has 0 saturated heterocycles. The van der Waals surface area contributed by atoms with E-state index < -0.39 is 0 Å². The molecule has 0 unspecified atom stereocenters. The van der Waals surface area contributed by atoms with Crippen LogP contribution in [-0.4, -0.2) is 24.1 Å². The molecule has 288 valence electrons. The van der Waals surface area contributed by atoms with Crippen LogP contribution in [0.3, 0.4) is 0 Å². The Morgan fingerprint density at radius 3 is 0.820 bits per heavy atom. The van der Waals surface area contributed by atoms with E-state index in [1.807, 2.05) is 0 Å². The van der Waals surface area contributed by atoms with Crippen molar-refractivity contribution in [2.24, 2.45) is 0 Å². The molecule has 0 amide bonds. The molecule has 0 heterocycles. The Morgan fingerprint density at radius 1 is 0.320 bits per heavy atom. The summed E-state index contributed by atoms with van der Waals surface area (Å²) in [6, 6.07) is 11.5. The van der Waals surface area contributed by atoms with Crippen molar-refractivity contribution in [2.45, 2.75) is 218 Å². The zero-order valence-corrected chi connectivity index (χ0v) is 33.9. The van der Waals surface area contributed by atoms with Crippen LogP contribution in [0.1, 0.15) is 217 Å². The average Bonchev–Trinajstić information content (AvgIpc) is 3.13. The minimum absolute atomic E-state index is 1.19. The lowest BCUT2D eigenvalue weighted by Crippen LogP contribution is -2.49. The van der Waals surface area contributed by atoms with Crippen molar-refractivity contribution in [3.63, 3.8) is 0 Å². The summed E-state index contributed by atoms with van der Waals surface area (Å²) in [5, 5.41) is 0. The third-order valence-corrected chi connectivity index (χ3v) is 11.2. The summed E-state index contributed by atoms with van der Waals surface area (Å²) in [7, 11) is 0. The first-order valence-corrected chi connectivity index (χ1v) is 22.5. The van der Waals surface area contributed by atoms with Crippen molar-refractivity contribution >= 4 is 0 Å². The first-order chi connectivity index (χ1) is 24.8. The van der Waals surface area contributed by atoms with Crippen LogP contribution in [0.4, 0.5) is 0 Å². The maximum absolute atomic E-state index is 3.86. The number of unbranched alkanes of at least 4 members (excludes halogenated alkanes) is 30. The summed E-state index contributed by atoms with van der Waals surface area (Å²) < 4.78 is 1.34. The molecule has 0 aliphatic carbocycles. The lowest BCUT2D eigenvalue weighted by atomic mass is 10.0. The minimum Gasteiger partial charge on any atom is -0.320 e. The molecule has 50 heavy (non-hydrogen) atoms. The van der Waals surface area contributed by atoms with E-state index in [2.05, 4.69) is 68.3 Å². The molecular formula is C49H88N+. The predicted octanol–water partition coefficient (Wildman–Crippen LogP) is 16.4. The van der Waals surface area contributed by atoms with Crippen molar-refractivity contribution in [1.29, 1.82) is 0 Å². The largest absolute Gasteiger partial charge is 0.320 e. The topological polar surface area (TPSA) is 0 Å². The van der Waals surface area contributed by atoms with Crippen LogP contribution in [0.5, 0.6) is 0 Å². The Hall–Kier alpha value is -1.60. The zero-order chi connectivity index (χ0) is 35.9. The first-order valence-electron chi connectivity index (χ1n) is 22.5. The summed E-state index contributed by atoms with van der Waals surface area (Å²) in [5.41, 5.74) is 1.56. The van der Waals surface area contributed by atoms with Crippen molar-refractivity contribution in [1.82, 2.24) is 0 Å². The van der Waals surface area contributed by atoms with Gasteiger partial charge in [0.05, 0.1) is 19.6 Å². The molecular weight excluding hydrogens is 603 g/mol. The highest BCUT2D eigenvalue weighted by atomic mass is 15.3. The Labute approximate surface area is 315 Å². The molecule has 0 N–H and O–H groups in total. The molecule has 0 saturated carbocycles. The molecule has 1 nitrogen and oxygen atoms in total. The number of nitrogens with zero attached hydrogens (tertiary/aromatic N) is 1. The van der Waals surface area contributed by atoms with Gasteiger partial charge in [-0.3, -0.25) is 0 Å². The fraction of sp³-hybridized carbons (Fsp3) is 0.755. The molecule has 1 heteroatoms. The van der Waals surface area contributed by atoms with Crippen molar-refractivity contribution in [2.75, 3.05) is 19.6 Å². The molecule has 1 aromatic rings. The van der Waals surface area contributed by atoms with Crippen LogP contribution >= 0.6 is 0 Å². The van der Waals surface area contributed by atoms with Gasteiger partial charge in [-0.2, -0.15) is 0 Å². The maximum atomic E-state index is 3.86. The van der Waals surface area contributed by atoms with Gasteiger partial charge in [0.1, 0.15) is 6.54 Å². The Bertz CT molecular complexity index is 761. The second-order valence-electron chi connectivity index (χ2n) is 16.0. The molecule has 0 bridgehead atoms. The summed E-state index contributed by atoms with van der Waals surface area (Å²) in [6.07, 6.45) is 52.3. The zero-order valence-electron chi connectivity index (χ0n) is 33.9. The van der Waals surface area contributed by atoms with Gasteiger partial charge in [-0.1, -0.05) is 183 Å². The van der Waals surface area contributed by atoms with E-state index in [1.165, 1.54) is 243 Å². The quantitative estimate of drug-likeness (QED) is 0.0364. The number of hydrogen-bond donors (Lipinski definition) is 0. The second kappa shape index (κ2) is 37.2. The molecule has 0 aliphatic heterocycles.